The quantitative estimate of drug-likeness (QED) is 0.572. The number of hydrogen-bond acceptors (Lipinski definition) is 5. The lowest BCUT2D eigenvalue weighted by Crippen LogP contribution is -2.41. The maximum Gasteiger partial charge on any atom is 0.409 e. The number of hydrogen-bond donors (Lipinski definition) is 0. The lowest BCUT2D eigenvalue weighted by Gasteiger charge is -2.32. The number of likely N-dealkylation sites (tertiary alicyclic amines) is 1. The van der Waals surface area contributed by atoms with Crippen molar-refractivity contribution in [3.63, 3.8) is 0 Å². The summed E-state index contributed by atoms with van der Waals surface area (Å²) in [5.74, 6) is 0.0654. The van der Waals surface area contributed by atoms with Gasteiger partial charge in [-0.05, 0) is 54.2 Å². The monoisotopic (exact) mass is 443 g/mol. The molecule has 1 aliphatic heterocycles. The molecule has 162 valence electrons. The molecule has 4 rings (SSSR count). The van der Waals surface area contributed by atoms with E-state index in [4.69, 9.17) is 16.3 Å². The van der Waals surface area contributed by atoms with Crippen molar-refractivity contribution in [1.29, 1.82) is 0 Å². The van der Waals surface area contributed by atoms with Crippen molar-refractivity contribution in [3.8, 4) is 0 Å². The summed E-state index contributed by atoms with van der Waals surface area (Å²) in [6, 6.07) is 13.4. The molecule has 1 saturated heterocycles. The van der Waals surface area contributed by atoms with Crippen LogP contribution in [-0.4, -0.2) is 50.9 Å². The minimum Gasteiger partial charge on any atom is -0.447 e. The van der Waals surface area contributed by atoms with Gasteiger partial charge in [0.15, 0.2) is 6.33 Å². The predicted molar refractivity (Wildman–Crippen MR) is 113 cm³/mol. The summed E-state index contributed by atoms with van der Waals surface area (Å²) in [7, 11) is 0. The Bertz CT molecular complexity index is 999. The lowest BCUT2D eigenvalue weighted by atomic mass is 9.91. The van der Waals surface area contributed by atoms with Gasteiger partial charge in [-0.3, -0.25) is 0 Å². The van der Waals surface area contributed by atoms with E-state index in [9.17, 15) is 9.18 Å². The Balaban J connectivity index is 1.38. The van der Waals surface area contributed by atoms with Crippen LogP contribution in [-0.2, 0) is 11.2 Å². The molecule has 0 N–H and O–H groups in total. The highest BCUT2D eigenvalue weighted by atomic mass is 35.5. The predicted octanol–water partition coefficient (Wildman–Crippen LogP) is 4.15. The molecule has 9 heteroatoms. The van der Waals surface area contributed by atoms with Gasteiger partial charge in [-0.1, -0.05) is 41.9 Å². The molecule has 0 radical (unpaired) electrons. The first-order chi connectivity index (χ1) is 15.1. The molecule has 2 unspecified atom stereocenters. The molecule has 0 spiro atoms. The Morgan fingerprint density at radius 3 is 2.77 bits per heavy atom. The number of benzene rings is 2. The number of amides is 1. The smallest absolute Gasteiger partial charge is 0.409 e. The maximum atomic E-state index is 13.1. The third-order valence-corrected chi connectivity index (χ3v) is 5.83. The Kier molecular flexibility index (Phi) is 6.76. The van der Waals surface area contributed by atoms with Gasteiger partial charge in [-0.25, -0.2) is 9.18 Å². The highest BCUT2D eigenvalue weighted by Crippen LogP contribution is 2.26. The molecule has 0 saturated carbocycles. The van der Waals surface area contributed by atoms with Crippen molar-refractivity contribution in [3.05, 3.63) is 76.8 Å². The minimum atomic E-state index is -0.472. The van der Waals surface area contributed by atoms with Crippen LogP contribution < -0.4 is 0 Å². The third kappa shape index (κ3) is 5.38. The standard InChI is InChI=1S/C22H23ClFN5O2/c23-20-6-2-1-5-19(20)21(29-26-15-25-27-29)14-31-22(30)28-11-3-4-17(13-28)12-16-7-9-18(24)10-8-16/h1-2,5-10,15,17,21H,3-4,11-14H2. The number of carbonyl (C=O) groups is 1. The molecule has 2 heterocycles. The van der Waals surface area contributed by atoms with Crippen molar-refractivity contribution in [2.45, 2.75) is 25.3 Å². The highest BCUT2D eigenvalue weighted by molar-refractivity contribution is 6.31. The Morgan fingerprint density at radius 1 is 1.23 bits per heavy atom. The molecule has 2 atom stereocenters. The summed E-state index contributed by atoms with van der Waals surface area (Å²) in [6.07, 6.45) is 3.68. The molecule has 2 aromatic carbocycles. The molecule has 1 fully saturated rings. The van der Waals surface area contributed by atoms with Gasteiger partial charge in [0, 0.05) is 23.7 Å². The first-order valence-corrected chi connectivity index (χ1v) is 10.6. The molecular formula is C22H23ClFN5O2. The molecule has 3 aromatic rings. The number of aromatic nitrogens is 4. The SMILES string of the molecule is O=C(OCC(c1ccccc1Cl)n1ncnn1)N1CCCC(Cc2ccc(F)cc2)C1. The fourth-order valence-electron chi connectivity index (χ4n) is 3.94. The van der Waals surface area contributed by atoms with Gasteiger partial charge in [0.05, 0.1) is 0 Å². The Labute approximate surface area is 184 Å². The zero-order chi connectivity index (χ0) is 21.6. The van der Waals surface area contributed by atoms with Crippen LogP contribution >= 0.6 is 11.6 Å². The summed E-state index contributed by atoms with van der Waals surface area (Å²) in [5, 5.41) is 12.3. The zero-order valence-corrected chi connectivity index (χ0v) is 17.7. The van der Waals surface area contributed by atoms with Crippen molar-refractivity contribution >= 4 is 17.7 Å². The van der Waals surface area contributed by atoms with Gasteiger partial charge >= 0.3 is 6.09 Å². The van der Waals surface area contributed by atoms with E-state index < -0.39 is 6.04 Å². The van der Waals surface area contributed by atoms with Crippen LogP contribution in [0.25, 0.3) is 0 Å². The van der Waals surface area contributed by atoms with E-state index in [2.05, 4.69) is 15.4 Å². The normalized spacial score (nSPS) is 17.4. The van der Waals surface area contributed by atoms with Gasteiger partial charge in [0.2, 0.25) is 0 Å². The molecule has 0 aliphatic carbocycles. The number of tetrazole rings is 1. The van der Waals surface area contributed by atoms with E-state index in [0.717, 1.165) is 30.4 Å². The molecular weight excluding hydrogens is 421 g/mol. The average molecular weight is 444 g/mol. The van der Waals surface area contributed by atoms with E-state index in [-0.39, 0.29) is 18.5 Å². The Morgan fingerprint density at radius 2 is 2.03 bits per heavy atom. The van der Waals surface area contributed by atoms with Crippen molar-refractivity contribution in [2.75, 3.05) is 19.7 Å². The summed E-state index contributed by atoms with van der Waals surface area (Å²) >= 11 is 6.34. The number of rotatable bonds is 6. The van der Waals surface area contributed by atoms with E-state index in [0.29, 0.717) is 24.0 Å². The number of nitrogens with zero attached hydrogens (tertiary/aromatic N) is 5. The second-order valence-corrected chi connectivity index (χ2v) is 8.06. The molecule has 7 nitrogen and oxygen atoms in total. The first kappa shape index (κ1) is 21.2. The second kappa shape index (κ2) is 9.87. The average Bonchev–Trinajstić information content (AvgIpc) is 3.31. The molecule has 0 bridgehead atoms. The van der Waals surface area contributed by atoms with E-state index in [1.54, 1.807) is 23.1 Å². The van der Waals surface area contributed by atoms with Crippen molar-refractivity contribution in [2.24, 2.45) is 5.92 Å². The second-order valence-electron chi connectivity index (χ2n) is 7.66. The first-order valence-electron chi connectivity index (χ1n) is 10.2. The van der Waals surface area contributed by atoms with Gasteiger partial charge in [-0.15, -0.1) is 10.2 Å². The third-order valence-electron chi connectivity index (χ3n) is 5.49. The Hall–Kier alpha value is -3.00. The topological polar surface area (TPSA) is 73.1 Å². The van der Waals surface area contributed by atoms with Crippen LogP contribution in [0.15, 0.2) is 54.9 Å². The largest absolute Gasteiger partial charge is 0.447 e. The fourth-order valence-corrected chi connectivity index (χ4v) is 4.20. The van der Waals surface area contributed by atoms with Gasteiger partial charge in [-0.2, -0.15) is 4.80 Å². The van der Waals surface area contributed by atoms with E-state index in [1.165, 1.54) is 23.3 Å². The lowest BCUT2D eigenvalue weighted by molar-refractivity contribution is 0.0745. The van der Waals surface area contributed by atoms with Gasteiger partial charge in [0.25, 0.3) is 0 Å². The van der Waals surface area contributed by atoms with Crippen LogP contribution in [0.5, 0.6) is 0 Å². The van der Waals surface area contributed by atoms with Crippen LogP contribution in [0.4, 0.5) is 9.18 Å². The summed E-state index contributed by atoms with van der Waals surface area (Å²) in [6.45, 7) is 1.30. The fraction of sp³-hybridized carbons (Fsp3) is 0.364. The maximum absolute atomic E-state index is 13.1. The number of carbonyl (C=O) groups excluding carboxylic acids is 1. The summed E-state index contributed by atoms with van der Waals surface area (Å²) < 4.78 is 18.8. The van der Waals surface area contributed by atoms with Crippen LogP contribution in [0.1, 0.15) is 30.0 Å². The van der Waals surface area contributed by atoms with E-state index in [1.807, 2.05) is 18.2 Å². The summed E-state index contributed by atoms with van der Waals surface area (Å²) in [5.41, 5.74) is 1.82. The number of halogens is 2. The highest BCUT2D eigenvalue weighted by Gasteiger charge is 2.27. The van der Waals surface area contributed by atoms with Crippen LogP contribution in [0.3, 0.4) is 0 Å². The molecule has 1 amide bonds. The zero-order valence-electron chi connectivity index (χ0n) is 16.9. The van der Waals surface area contributed by atoms with Gasteiger partial charge in [0.1, 0.15) is 18.5 Å². The molecule has 31 heavy (non-hydrogen) atoms. The molecule has 1 aliphatic rings. The number of piperidine rings is 1. The van der Waals surface area contributed by atoms with Crippen LogP contribution in [0.2, 0.25) is 5.02 Å². The minimum absolute atomic E-state index is 0.0397. The van der Waals surface area contributed by atoms with Crippen molar-refractivity contribution in [1.82, 2.24) is 25.1 Å². The molecule has 1 aromatic heterocycles. The van der Waals surface area contributed by atoms with Crippen LogP contribution in [0, 0.1) is 11.7 Å². The van der Waals surface area contributed by atoms with Crippen molar-refractivity contribution < 1.29 is 13.9 Å². The summed E-state index contributed by atoms with van der Waals surface area (Å²) in [4.78, 5) is 15.9. The van der Waals surface area contributed by atoms with Gasteiger partial charge < -0.3 is 9.64 Å². The number of ether oxygens (including phenoxy) is 1. The van der Waals surface area contributed by atoms with E-state index >= 15 is 0 Å².